The summed E-state index contributed by atoms with van der Waals surface area (Å²) in [7, 11) is 0. The van der Waals surface area contributed by atoms with Gasteiger partial charge in [0.15, 0.2) is 6.10 Å². The van der Waals surface area contributed by atoms with Crippen molar-refractivity contribution in [2.24, 2.45) is 0 Å². The van der Waals surface area contributed by atoms with Gasteiger partial charge in [-0.05, 0) is 89.9 Å². The summed E-state index contributed by atoms with van der Waals surface area (Å²) in [6.07, 6.45) is 64.9. The van der Waals surface area contributed by atoms with Crippen molar-refractivity contribution >= 4 is 17.9 Å². The van der Waals surface area contributed by atoms with Crippen LogP contribution < -0.4 is 0 Å². The summed E-state index contributed by atoms with van der Waals surface area (Å²) in [5, 5.41) is 0. The summed E-state index contributed by atoms with van der Waals surface area (Å²) >= 11 is 0. The van der Waals surface area contributed by atoms with Crippen molar-refractivity contribution in [1.29, 1.82) is 0 Å². The molecule has 0 saturated carbocycles. The zero-order valence-electron chi connectivity index (χ0n) is 42.3. The van der Waals surface area contributed by atoms with Crippen LogP contribution in [0.4, 0.5) is 0 Å². The average molecular weight is 895 g/mol. The lowest BCUT2D eigenvalue weighted by molar-refractivity contribution is -0.167. The number of unbranched alkanes of at least 4 members (excludes halogenated alkanes) is 30. The lowest BCUT2D eigenvalue weighted by Gasteiger charge is -2.18. The molecule has 0 aromatic heterocycles. The van der Waals surface area contributed by atoms with Gasteiger partial charge in [0.25, 0.3) is 0 Å². The molecule has 0 aliphatic heterocycles. The maximum Gasteiger partial charge on any atom is 0.306 e. The first-order valence-corrected chi connectivity index (χ1v) is 27.3. The number of carbonyl (C=O) groups is 3. The van der Waals surface area contributed by atoms with Crippen molar-refractivity contribution in [3.05, 3.63) is 60.8 Å². The van der Waals surface area contributed by atoms with Crippen LogP contribution in [0.25, 0.3) is 0 Å². The fourth-order valence-electron chi connectivity index (χ4n) is 7.60. The second-order valence-corrected chi connectivity index (χ2v) is 18.2. The van der Waals surface area contributed by atoms with Gasteiger partial charge in [-0.3, -0.25) is 14.4 Å². The molecule has 0 aromatic rings. The van der Waals surface area contributed by atoms with Crippen molar-refractivity contribution in [2.75, 3.05) is 13.2 Å². The van der Waals surface area contributed by atoms with E-state index in [9.17, 15) is 14.4 Å². The predicted molar refractivity (Wildman–Crippen MR) is 275 cm³/mol. The van der Waals surface area contributed by atoms with Crippen LogP contribution >= 0.6 is 0 Å². The van der Waals surface area contributed by atoms with Crippen LogP contribution in [0.15, 0.2) is 60.8 Å². The van der Waals surface area contributed by atoms with E-state index >= 15 is 0 Å². The van der Waals surface area contributed by atoms with E-state index in [-0.39, 0.29) is 31.1 Å². The molecule has 0 aliphatic rings. The van der Waals surface area contributed by atoms with Gasteiger partial charge in [-0.2, -0.15) is 0 Å². The molecule has 64 heavy (non-hydrogen) atoms. The summed E-state index contributed by atoms with van der Waals surface area (Å²) in [6.45, 7) is 6.56. The van der Waals surface area contributed by atoms with Crippen LogP contribution in [0.3, 0.4) is 0 Å². The zero-order chi connectivity index (χ0) is 46.5. The first kappa shape index (κ1) is 61.1. The Morgan fingerprint density at radius 1 is 0.312 bits per heavy atom. The molecule has 0 heterocycles. The van der Waals surface area contributed by atoms with E-state index in [1.54, 1.807) is 0 Å². The van der Waals surface area contributed by atoms with E-state index < -0.39 is 6.10 Å². The molecule has 370 valence electrons. The minimum atomic E-state index is -0.790. The molecular weight excluding hydrogens is 793 g/mol. The highest BCUT2D eigenvalue weighted by atomic mass is 16.6. The van der Waals surface area contributed by atoms with Crippen LogP contribution in [0.5, 0.6) is 0 Å². The minimum absolute atomic E-state index is 0.0901. The van der Waals surface area contributed by atoms with E-state index in [4.69, 9.17) is 14.2 Å². The Morgan fingerprint density at radius 3 is 0.953 bits per heavy atom. The third-order valence-electron chi connectivity index (χ3n) is 11.8. The van der Waals surface area contributed by atoms with E-state index in [2.05, 4.69) is 81.5 Å². The Morgan fingerprint density at radius 2 is 0.594 bits per heavy atom. The third-order valence-corrected chi connectivity index (χ3v) is 11.8. The molecule has 0 aliphatic carbocycles. The van der Waals surface area contributed by atoms with E-state index in [0.29, 0.717) is 19.3 Å². The third kappa shape index (κ3) is 50.1. The fraction of sp³-hybridized carbons (Fsp3) is 0.776. The Kier molecular flexibility index (Phi) is 50.4. The zero-order valence-corrected chi connectivity index (χ0v) is 42.3. The quantitative estimate of drug-likeness (QED) is 0.0199. The maximum atomic E-state index is 12.8. The molecule has 6 nitrogen and oxygen atoms in total. The van der Waals surface area contributed by atoms with Gasteiger partial charge in [0.1, 0.15) is 13.2 Å². The van der Waals surface area contributed by atoms with Crippen molar-refractivity contribution in [3.8, 4) is 0 Å². The van der Waals surface area contributed by atoms with Crippen LogP contribution in [0.1, 0.15) is 271 Å². The smallest absolute Gasteiger partial charge is 0.306 e. The van der Waals surface area contributed by atoms with Crippen molar-refractivity contribution in [1.82, 2.24) is 0 Å². The van der Waals surface area contributed by atoms with E-state index in [1.807, 2.05) is 0 Å². The second kappa shape index (κ2) is 52.7. The van der Waals surface area contributed by atoms with Crippen LogP contribution in [0.2, 0.25) is 0 Å². The highest BCUT2D eigenvalue weighted by Crippen LogP contribution is 2.14. The SMILES string of the molecule is CCCC/C=C\CCCCCCC(=O)OCC(COC(=O)CCCCCCC\C=C/C=C\C=C/CCCCCCC)OC(=O)CCCCCCC/C=C\CCCCCCCCCCC. The highest BCUT2D eigenvalue weighted by Gasteiger charge is 2.19. The molecule has 1 unspecified atom stereocenters. The predicted octanol–water partition coefficient (Wildman–Crippen LogP) is 18.0. The van der Waals surface area contributed by atoms with Gasteiger partial charge in [-0.1, -0.05) is 223 Å². The number of carbonyl (C=O) groups excluding carboxylic acids is 3. The minimum Gasteiger partial charge on any atom is -0.462 e. The van der Waals surface area contributed by atoms with Gasteiger partial charge in [0.2, 0.25) is 0 Å². The molecule has 0 bridgehead atoms. The normalized spacial score (nSPS) is 12.5. The van der Waals surface area contributed by atoms with Crippen LogP contribution in [-0.2, 0) is 28.6 Å². The summed E-state index contributed by atoms with van der Waals surface area (Å²) in [6, 6.07) is 0. The molecule has 0 radical (unpaired) electrons. The van der Waals surface area contributed by atoms with Gasteiger partial charge in [0.05, 0.1) is 0 Å². The number of ether oxygens (including phenoxy) is 3. The number of allylic oxidation sites excluding steroid dienone is 10. The molecule has 0 amide bonds. The number of rotatable bonds is 49. The lowest BCUT2D eigenvalue weighted by Crippen LogP contribution is -2.30. The summed E-state index contributed by atoms with van der Waals surface area (Å²) in [5.74, 6) is -0.925. The molecule has 6 heteroatoms. The lowest BCUT2D eigenvalue weighted by atomic mass is 10.1. The molecule has 0 N–H and O–H groups in total. The Hall–Kier alpha value is -2.89. The summed E-state index contributed by atoms with van der Waals surface area (Å²) in [5.41, 5.74) is 0. The number of esters is 3. The van der Waals surface area contributed by atoms with Crippen molar-refractivity contribution < 1.29 is 28.6 Å². The largest absolute Gasteiger partial charge is 0.462 e. The number of hydrogen-bond acceptors (Lipinski definition) is 6. The molecule has 0 aromatic carbocycles. The Balaban J connectivity index is 4.38. The number of hydrogen-bond donors (Lipinski definition) is 0. The Bertz CT molecular complexity index is 1170. The molecule has 1 atom stereocenters. The van der Waals surface area contributed by atoms with Gasteiger partial charge in [0, 0.05) is 19.3 Å². The maximum absolute atomic E-state index is 12.8. The average Bonchev–Trinajstić information content (AvgIpc) is 3.29. The molecule has 0 rings (SSSR count). The van der Waals surface area contributed by atoms with Gasteiger partial charge >= 0.3 is 17.9 Å². The Labute approximate surface area is 396 Å². The first-order valence-electron chi connectivity index (χ1n) is 27.3. The van der Waals surface area contributed by atoms with Gasteiger partial charge in [-0.15, -0.1) is 0 Å². The molecule has 0 fully saturated rings. The van der Waals surface area contributed by atoms with Crippen molar-refractivity contribution in [2.45, 2.75) is 277 Å². The summed E-state index contributed by atoms with van der Waals surface area (Å²) < 4.78 is 16.8. The highest BCUT2D eigenvalue weighted by molar-refractivity contribution is 5.71. The van der Waals surface area contributed by atoms with Gasteiger partial charge in [-0.25, -0.2) is 0 Å². The summed E-state index contributed by atoms with van der Waals surface area (Å²) in [4.78, 5) is 38.0. The monoisotopic (exact) mass is 895 g/mol. The standard InChI is InChI=1S/C58H102O6/c1-4-7-10-13-16-19-22-24-26-28-30-32-34-36-39-42-45-48-51-57(60)63-54-55(53-62-56(59)50-47-44-41-38-21-18-15-12-9-6-3)64-58(61)52-49-46-43-40-37-35-33-31-29-27-25-23-20-17-14-11-8-5-2/h15,18,22,24,26,28,30-33,55H,4-14,16-17,19-21,23,25,27,29,34-54H2,1-3H3/b18-15-,24-22-,28-26-,32-30-,33-31-. The van der Waals surface area contributed by atoms with E-state index in [0.717, 1.165) is 109 Å². The van der Waals surface area contributed by atoms with Crippen molar-refractivity contribution in [3.63, 3.8) is 0 Å². The second-order valence-electron chi connectivity index (χ2n) is 18.2. The molecular formula is C58H102O6. The first-order chi connectivity index (χ1) is 31.5. The molecule has 0 saturated heterocycles. The molecule has 0 spiro atoms. The topological polar surface area (TPSA) is 78.9 Å². The van der Waals surface area contributed by atoms with Gasteiger partial charge < -0.3 is 14.2 Å². The van der Waals surface area contributed by atoms with Crippen LogP contribution in [0, 0.1) is 0 Å². The van der Waals surface area contributed by atoms with Crippen LogP contribution in [-0.4, -0.2) is 37.2 Å². The fourth-order valence-corrected chi connectivity index (χ4v) is 7.60. The van der Waals surface area contributed by atoms with E-state index in [1.165, 1.54) is 122 Å².